The van der Waals surface area contributed by atoms with Gasteiger partial charge in [0.05, 0.1) is 17.1 Å². The van der Waals surface area contributed by atoms with Gasteiger partial charge >= 0.3 is 0 Å². The quantitative estimate of drug-likeness (QED) is 0.314. The van der Waals surface area contributed by atoms with Crippen LogP contribution in [0.2, 0.25) is 0 Å². The van der Waals surface area contributed by atoms with Crippen molar-refractivity contribution in [1.82, 2.24) is 14.7 Å². The van der Waals surface area contributed by atoms with Crippen molar-refractivity contribution in [2.24, 2.45) is 0 Å². The number of carbonyl (C=O) groups is 2. The molecule has 0 atom stereocenters. The number of nitro benzene ring substituents is 1. The molecule has 2 aliphatic heterocycles. The Labute approximate surface area is 162 Å². The number of nitro groups is 1. The molecule has 1 fully saturated rings. The Morgan fingerprint density at radius 1 is 1.11 bits per heavy atom. The van der Waals surface area contributed by atoms with Gasteiger partial charge in [0.1, 0.15) is 5.70 Å². The van der Waals surface area contributed by atoms with Gasteiger partial charge in [0.25, 0.3) is 17.5 Å². The van der Waals surface area contributed by atoms with Crippen molar-refractivity contribution in [3.8, 4) is 0 Å². The van der Waals surface area contributed by atoms with Crippen molar-refractivity contribution < 1.29 is 19.6 Å². The Bertz CT molecular complexity index is 825. The Hall–Kier alpha value is -3.04. The fraction of sp³-hybridized carbons (Fsp3) is 0.368. The van der Waals surface area contributed by atoms with Crippen LogP contribution in [0.25, 0.3) is 5.57 Å². The van der Waals surface area contributed by atoms with Crippen molar-refractivity contribution in [2.45, 2.75) is 0 Å². The van der Waals surface area contributed by atoms with Gasteiger partial charge in [-0.3, -0.25) is 29.5 Å². The summed E-state index contributed by atoms with van der Waals surface area (Å²) in [6.07, 6.45) is 1.49. The Morgan fingerprint density at radius 3 is 2.29 bits per heavy atom. The maximum absolute atomic E-state index is 13.0. The van der Waals surface area contributed by atoms with E-state index in [4.69, 9.17) is 5.11 Å². The minimum Gasteiger partial charge on any atom is -0.395 e. The number of imide groups is 1. The highest BCUT2D eigenvalue weighted by atomic mass is 16.6. The molecule has 1 aromatic rings. The van der Waals surface area contributed by atoms with Crippen molar-refractivity contribution in [3.63, 3.8) is 0 Å². The lowest BCUT2D eigenvalue weighted by Crippen LogP contribution is -2.48. The van der Waals surface area contributed by atoms with Crippen LogP contribution < -0.4 is 0 Å². The molecule has 1 N–H and O–H groups in total. The SMILES string of the molecule is C=CCN1C(=O)C(c2ccc([N+](=O)[O-])cc2)=C(N2CCN(CCO)CC2)C1=O. The zero-order valence-electron chi connectivity index (χ0n) is 15.4. The molecule has 1 saturated heterocycles. The van der Waals surface area contributed by atoms with Crippen LogP contribution in [0.1, 0.15) is 5.56 Å². The Kier molecular flexibility index (Phi) is 5.86. The normalized spacial score (nSPS) is 18.2. The maximum Gasteiger partial charge on any atom is 0.278 e. The number of non-ortho nitro benzene ring substituents is 1. The van der Waals surface area contributed by atoms with Gasteiger partial charge in [-0.2, -0.15) is 0 Å². The number of hydrogen-bond donors (Lipinski definition) is 1. The summed E-state index contributed by atoms with van der Waals surface area (Å²) >= 11 is 0. The average Bonchev–Trinajstić information content (AvgIpc) is 2.94. The summed E-state index contributed by atoms with van der Waals surface area (Å²) in [5.41, 5.74) is 0.980. The molecule has 148 valence electrons. The van der Waals surface area contributed by atoms with E-state index in [2.05, 4.69) is 11.5 Å². The molecule has 2 aliphatic rings. The molecule has 2 amide bonds. The maximum atomic E-state index is 13.0. The predicted molar refractivity (Wildman–Crippen MR) is 102 cm³/mol. The lowest BCUT2D eigenvalue weighted by Gasteiger charge is -2.36. The Morgan fingerprint density at radius 2 is 1.75 bits per heavy atom. The zero-order chi connectivity index (χ0) is 20.3. The highest BCUT2D eigenvalue weighted by molar-refractivity contribution is 6.35. The molecule has 0 aliphatic carbocycles. The van der Waals surface area contributed by atoms with E-state index >= 15 is 0 Å². The number of aliphatic hydroxyl groups excluding tert-OH is 1. The largest absolute Gasteiger partial charge is 0.395 e. The van der Waals surface area contributed by atoms with Gasteiger partial charge in [0.2, 0.25) is 0 Å². The standard InChI is InChI=1S/C19H22N4O5/c1-2-7-22-18(25)16(14-3-5-15(6-4-14)23(27)28)17(19(22)26)21-10-8-20(9-11-21)12-13-24/h2-6,24H,1,7-13H2. The minimum absolute atomic E-state index is 0.0707. The van der Waals surface area contributed by atoms with E-state index in [-0.39, 0.29) is 30.3 Å². The number of carbonyl (C=O) groups excluding carboxylic acids is 2. The number of piperazine rings is 1. The molecule has 0 saturated carbocycles. The Balaban J connectivity index is 1.97. The van der Waals surface area contributed by atoms with E-state index < -0.39 is 10.8 Å². The van der Waals surface area contributed by atoms with Crippen LogP contribution in [-0.4, -0.2) is 82.4 Å². The summed E-state index contributed by atoms with van der Waals surface area (Å²) in [5.74, 6) is -0.805. The fourth-order valence-corrected chi connectivity index (χ4v) is 3.50. The first kappa shape index (κ1) is 19.7. The molecule has 0 unspecified atom stereocenters. The monoisotopic (exact) mass is 386 g/mol. The van der Waals surface area contributed by atoms with Gasteiger partial charge in [-0.25, -0.2) is 0 Å². The van der Waals surface area contributed by atoms with Gasteiger partial charge in [-0.05, 0) is 17.7 Å². The van der Waals surface area contributed by atoms with Crippen LogP contribution in [0, 0.1) is 10.1 Å². The molecule has 0 bridgehead atoms. The van der Waals surface area contributed by atoms with E-state index in [9.17, 15) is 19.7 Å². The van der Waals surface area contributed by atoms with E-state index in [0.717, 1.165) is 4.90 Å². The number of β-amino-alcohol motifs (C(OH)–C–C–N with tert-alkyl or cyclic N) is 1. The third-order valence-electron chi connectivity index (χ3n) is 4.93. The highest BCUT2D eigenvalue weighted by Gasteiger charge is 2.41. The van der Waals surface area contributed by atoms with E-state index in [1.165, 1.54) is 30.3 Å². The predicted octanol–water partition coefficient (Wildman–Crippen LogP) is 0.471. The smallest absolute Gasteiger partial charge is 0.278 e. The summed E-state index contributed by atoms with van der Waals surface area (Å²) < 4.78 is 0. The molecule has 1 aromatic carbocycles. The summed E-state index contributed by atoms with van der Waals surface area (Å²) in [5, 5.41) is 20.0. The van der Waals surface area contributed by atoms with Crippen molar-refractivity contribution >= 4 is 23.1 Å². The topological polar surface area (TPSA) is 107 Å². The second-order valence-corrected chi connectivity index (χ2v) is 6.59. The molecular formula is C19H22N4O5. The number of nitrogens with zero attached hydrogens (tertiary/aromatic N) is 4. The number of hydrogen-bond acceptors (Lipinski definition) is 7. The first-order chi connectivity index (χ1) is 13.5. The number of aliphatic hydroxyl groups is 1. The lowest BCUT2D eigenvalue weighted by molar-refractivity contribution is -0.384. The molecular weight excluding hydrogens is 364 g/mol. The molecule has 0 spiro atoms. The van der Waals surface area contributed by atoms with Crippen LogP contribution in [0.4, 0.5) is 5.69 Å². The summed E-state index contributed by atoms with van der Waals surface area (Å²) in [7, 11) is 0. The summed E-state index contributed by atoms with van der Waals surface area (Å²) in [6, 6.07) is 5.65. The van der Waals surface area contributed by atoms with Gasteiger partial charge < -0.3 is 10.0 Å². The third-order valence-corrected chi connectivity index (χ3v) is 4.93. The second-order valence-electron chi connectivity index (χ2n) is 6.59. The van der Waals surface area contributed by atoms with Gasteiger partial charge in [-0.15, -0.1) is 6.58 Å². The van der Waals surface area contributed by atoms with Crippen LogP contribution >= 0.6 is 0 Å². The zero-order valence-corrected chi connectivity index (χ0v) is 15.4. The van der Waals surface area contributed by atoms with Gasteiger partial charge in [0.15, 0.2) is 0 Å². The molecule has 9 nitrogen and oxygen atoms in total. The molecule has 9 heteroatoms. The van der Waals surface area contributed by atoms with Crippen molar-refractivity contribution in [2.75, 3.05) is 45.9 Å². The minimum atomic E-state index is -0.509. The van der Waals surface area contributed by atoms with Gasteiger partial charge in [-0.1, -0.05) is 6.08 Å². The van der Waals surface area contributed by atoms with Crippen LogP contribution in [-0.2, 0) is 9.59 Å². The molecule has 3 rings (SSSR count). The number of amides is 2. The van der Waals surface area contributed by atoms with Crippen LogP contribution in [0.3, 0.4) is 0 Å². The van der Waals surface area contributed by atoms with Crippen molar-refractivity contribution in [1.29, 1.82) is 0 Å². The average molecular weight is 386 g/mol. The van der Waals surface area contributed by atoms with E-state index in [1.54, 1.807) is 0 Å². The highest BCUT2D eigenvalue weighted by Crippen LogP contribution is 2.32. The number of benzene rings is 1. The van der Waals surface area contributed by atoms with E-state index in [1.807, 2.05) is 4.90 Å². The van der Waals surface area contributed by atoms with Crippen molar-refractivity contribution in [3.05, 3.63) is 58.3 Å². The van der Waals surface area contributed by atoms with Gasteiger partial charge in [0, 0.05) is 51.4 Å². The number of rotatable bonds is 7. The second kappa shape index (κ2) is 8.32. The molecule has 0 radical (unpaired) electrons. The molecule has 2 heterocycles. The van der Waals surface area contributed by atoms with Crippen LogP contribution in [0.15, 0.2) is 42.6 Å². The van der Waals surface area contributed by atoms with E-state index in [0.29, 0.717) is 44.0 Å². The lowest BCUT2D eigenvalue weighted by atomic mass is 10.0. The molecule has 28 heavy (non-hydrogen) atoms. The third kappa shape index (κ3) is 3.67. The first-order valence-electron chi connectivity index (χ1n) is 9.02. The van der Waals surface area contributed by atoms with Crippen LogP contribution in [0.5, 0.6) is 0 Å². The fourth-order valence-electron chi connectivity index (χ4n) is 3.50. The first-order valence-corrected chi connectivity index (χ1v) is 9.02. The summed E-state index contributed by atoms with van der Waals surface area (Å²) in [6.45, 7) is 6.77. The molecule has 0 aromatic heterocycles. The summed E-state index contributed by atoms with van der Waals surface area (Å²) in [4.78, 5) is 41.4.